The smallest absolute Gasteiger partial charge is 0.339 e. The molecule has 1 unspecified atom stereocenters. The lowest BCUT2D eigenvalue weighted by molar-refractivity contribution is -0.0560. The van der Waals surface area contributed by atoms with Crippen LogP contribution in [0.3, 0.4) is 0 Å². The first kappa shape index (κ1) is 11.7. The summed E-state index contributed by atoms with van der Waals surface area (Å²) in [5, 5.41) is 9.69. The minimum absolute atomic E-state index is 0.426. The first-order valence-corrected chi connectivity index (χ1v) is 5.34. The topological polar surface area (TPSA) is 66.6 Å². The van der Waals surface area contributed by atoms with Crippen LogP contribution in [-0.2, 0) is 0 Å². The van der Waals surface area contributed by atoms with Crippen LogP contribution in [0.15, 0.2) is 18.2 Å². The zero-order chi connectivity index (χ0) is 11.4. The average molecular weight is 226 g/mol. The number of nitrogens with two attached hydrogens (primary N) is 1. The third kappa shape index (κ3) is 3.38. The summed E-state index contributed by atoms with van der Waals surface area (Å²) in [5.41, 5.74) is 4.92. The molecule has 0 aliphatic rings. The van der Waals surface area contributed by atoms with E-state index in [2.05, 4.69) is 0 Å². The summed E-state index contributed by atoms with van der Waals surface area (Å²) in [6.45, 7) is 3.70. The van der Waals surface area contributed by atoms with Gasteiger partial charge in [-0.25, -0.2) is 4.79 Å². The Morgan fingerprint density at radius 1 is 1.67 bits per heavy atom. The van der Waals surface area contributed by atoms with Gasteiger partial charge in [0, 0.05) is 9.75 Å². The fourth-order valence-electron chi connectivity index (χ4n) is 1.06. The molecule has 0 spiro atoms. The van der Waals surface area contributed by atoms with Gasteiger partial charge in [0.2, 0.25) is 0 Å². The SMILES string of the molecule is Cc1ccc(/C=C/C(C)N(O)C(N)=O)s1. The van der Waals surface area contributed by atoms with Crippen molar-refractivity contribution in [1.29, 1.82) is 0 Å². The molecule has 1 rings (SSSR count). The second-order valence-corrected chi connectivity index (χ2v) is 4.55. The van der Waals surface area contributed by atoms with Gasteiger partial charge in [0.1, 0.15) is 0 Å². The van der Waals surface area contributed by atoms with Crippen molar-refractivity contribution in [1.82, 2.24) is 5.06 Å². The van der Waals surface area contributed by atoms with Gasteiger partial charge in [0.25, 0.3) is 0 Å². The van der Waals surface area contributed by atoms with Crippen LogP contribution in [0.2, 0.25) is 0 Å². The molecule has 0 aromatic carbocycles. The Labute approximate surface area is 92.6 Å². The normalized spacial score (nSPS) is 13.0. The quantitative estimate of drug-likeness (QED) is 0.613. The minimum Gasteiger partial charge on any atom is -0.350 e. The van der Waals surface area contributed by atoms with Gasteiger partial charge in [-0.3, -0.25) is 5.21 Å². The highest BCUT2D eigenvalue weighted by molar-refractivity contribution is 7.12. The van der Waals surface area contributed by atoms with E-state index in [0.29, 0.717) is 5.06 Å². The lowest BCUT2D eigenvalue weighted by Crippen LogP contribution is -2.38. The maximum Gasteiger partial charge on any atom is 0.339 e. The Bertz CT molecular complexity index is 373. The molecule has 1 heterocycles. The molecule has 82 valence electrons. The highest BCUT2D eigenvalue weighted by Crippen LogP contribution is 2.16. The zero-order valence-corrected chi connectivity index (χ0v) is 9.49. The molecule has 0 bridgehead atoms. The van der Waals surface area contributed by atoms with E-state index >= 15 is 0 Å². The van der Waals surface area contributed by atoms with E-state index < -0.39 is 12.1 Å². The van der Waals surface area contributed by atoms with Crippen molar-refractivity contribution in [3.05, 3.63) is 28.0 Å². The number of hydrogen-bond acceptors (Lipinski definition) is 3. The van der Waals surface area contributed by atoms with Crippen molar-refractivity contribution in [3.8, 4) is 0 Å². The number of hydrogen-bond donors (Lipinski definition) is 2. The monoisotopic (exact) mass is 226 g/mol. The number of rotatable bonds is 3. The summed E-state index contributed by atoms with van der Waals surface area (Å²) in [7, 11) is 0. The van der Waals surface area contributed by atoms with Gasteiger partial charge in [-0.15, -0.1) is 11.3 Å². The van der Waals surface area contributed by atoms with Crippen LogP contribution in [-0.4, -0.2) is 22.3 Å². The second-order valence-electron chi connectivity index (χ2n) is 3.23. The number of thiophene rings is 1. The predicted molar refractivity (Wildman–Crippen MR) is 60.8 cm³/mol. The van der Waals surface area contributed by atoms with E-state index in [9.17, 15) is 10.0 Å². The van der Waals surface area contributed by atoms with E-state index in [1.54, 1.807) is 24.3 Å². The molecule has 4 nitrogen and oxygen atoms in total. The Morgan fingerprint density at radius 3 is 2.80 bits per heavy atom. The summed E-state index contributed by atoms with van der Waals surface area (Å²) >= 11 is 1.65. The number of carbonyl (C=O) groups excluding carboxylic acids is 1. The molecule has 0 aliphatic carbocycles. The van der Waals surface area contributed by atoms with Crippen molar-refractivity contribution in [2.45, 2.75) is 19.9 Å². The molecular formula is C10H14N2O2S. The van der Waals surface area contributed by atoms with E-state index in [0.717, 1.165) is 4.88 Å². The van der Waals surface area contributed by atoms with Crippen molar-refractivity contribution >= 4 is 23.4 Å². The van der Waals surface area contributed by atoms with Crippen molar-refractivity contribution in [2.75, 3.05) is 0 Å². The van der Waals surface area contributed by atoms with Crippen molar-refractivity contribution < 1.29 is 10.0 Å². The van der Waals surface area contributed by atoms with Crippen molar-refractivity contribution in [3.63, 3.8) is 0 Å². The Morgan fingerprint density at radius 2 is 2.33 bits per heavy atom. The summed E-state index contributed by atoms with van der Waals surface area (Å²) in [6.07, 6.45) is 3.57. The fourth-order valence-corrected chi connectivity index (χ4v) is 1.85. The number of urea groups is 1. The van der Waals surface area contributed by atoms with Crippen LogP contribution in [0.4, 0.5) is 4.79 Å². The summed E-state index contributed by atoms with van der Waals surface area (Å²) in [5.74, 6) is 0. The maximum absolute atomic E-state index is 10.6. The van der Waals surface area contributed by atoms with Crippen LogP contribution in [0.1, 0.15) is 16.7 Å². The van der Waals surface area contributed by atoms with Gasteiger partial charge in [0.05, 0.1) is 6.04 Å². The molecule has 1 atom stereocenters. The van der Waals surface area contributed by atoms with Gasteiger partial charge in [-0.05, 0) is 32.1 Å². The second kappa shape index (κ2) is 4.95. The zero-order valence-electron chi connectivity index (χ0n) is 8.68. The molecule has 0 saturated carbocycles. The lowest BCUT2D eigenvalue weighted by Gasteiger charge is -2.16. The molecule has 3 N–H and O–H groups in total. The number of amides is 2. The summed E-state index contributed by atoms with van der Waals surface area (Å²) < 4.78 is 0. The molecule has 1 aromatic rings. The third-order valence-electron chi connectivity index (χ3n) is 1.91. The van der Waals surface area contributed by atoms with Crippen molar-refractivity contribution in [2.24, 2.45) is 5.73 Å². The summed E-state index contributed by atoms with van der Waals surface area (Å²) in [4.78, 5) is 12.9. The Kier molecular flexibility index (Phi) is 3.88. The molecule has 0 radical (unpaired) electrons. The van der Waals surface area contributed by atoms with Gasteiger partial charge in [-0.1, -0.05) is 6.08 Å². The largest absolute Gasteiger partial charge is 0.350 e. The molecule has 0 saturated heterocycles. The van der Waals surface area contributed by atoms with Gasteiger partial charge < -0.3 is 5.73 Å². The molecule has 0 fully saturated rings. The highest BCUT2D eigenvalue weighted by atomic mass is 32.1. The average Bonchev–Trinajstić information content (AvgIpc) is 2.59. The Balaban J connectivity index is 2.61. The van der Waals surface area contributed by atoms with E-state index in [4.69, 9.17) is 5.73 Å². The van der Waals surface area contributed by atoms with Gasteiger partial charge in [-0.2, -0.15) is 5.06 Å². The Hall–Kier alpha value is -1.33. The molecule has 5 heteroatoms. The fraction of sp³-hybridized carbons (Fsp3) is 0.300. The predicted octanol–water partition coefficient (Wildman–Crippen LogP) is 2.23. The first-order chi connectivity index (χ1) is 7.00. The van der Waals surface area contributed by atoms with Crippen LogP contribution < -0.4 is 5.73 Å². The van der Waals surface area contributed by atoms with Gasteiger partial charge >= 0.3 is 6.03 Å². The third-order valence-corrected chi connectivity index (χ3v) is 2.88. The van der Waals surface area contributed by atoms with Crippen LogP contribution >= 0.6 is 11.3 Å². The number of aryl methyl sites for hydroxylation is 1. The number of carbonyl (C=O) groups is 1. The van der Waals surface area contributed by atoms with E-state index in [1.807, 2.05) is 25.1 Å². The number of nitrogens with zero attached hydrogens (tertiary/aromatic N) is 1. The molecule has 15 heavy (non-hydrogen) atoms. The molecule has 2 amide bonds. The van der Waals surface area contributed by atoms with E-state index in [1.165, 1.54) is 4.88 Å². The van der Waals surface area contributed by atoms with Crippen LogP contribution in [0.25, 0.3) is 6.08 Å². The van der Waals surface area contributed by atoms with Gasteiger partial charge in [0.15, 0.2) is 0 Å². The molecular weight excluding hydrogens is 212 g/mol. The molecule has 1 aromatic heterocycles. The number of primary amides is 1. The maximum atomic E-state index is 10.6. The highest BCUT2D eigenvalue weighted by Gasteiger charge is 2.11. The minimum atomic E-state index is -0.852. The van der Waals surface area contributed by atoms with Crippen LogP contribution in [0.5, 0.6) is 0 Å². The van der Waals surface area contributed by atoms with Crippen LogP contribution in [0, 0.1) is 6.92 Å². The first-order valence-electron chi connectivity index (χ1n) is 4.53. The standard InChI is InChI=1S/C10H14N2O2S/c1-7(12(14)10(11)13)3-5-9-6-4-8(2)15-9/h3-7,14H,1-2H3,(H2,11,13)/b5-3+. The number of hydroxylamine groups is 2. The molecule has 0 aliphatic heterocycles. The van der Waals surface area contributed by atoms with E-state index in [-0.39, 0.29) is 0 Å². The lowest BCUT2D eigenvalue weighted by atomic mass is 10.3. The summed E-state index contributed by atoms with van der Waals surface area (Å²) in [6, 6.07) is 2.72.